The summed E-state index contributed by atoms with van der Waals surface area (Å²) in [6.45, 7) is 3.97. The Morgan fingerprint density at radius 1 is 1.04 bits per heavy atom. The highest BCUT2D eigenvalue weighted by molar-refractivity contribution is 5.92. The molecule has 0 amide bonds. The van der Waals surface area contributed by atoms with Gasteiger partial charge in [-0.25, -0.2) is 9.59 Å². The van der Waals surface area contributed by atoms with Crippen LogP contribution in [0.5, 0.6) is 5.75 Å². The van der Waals surface area contributed by atoms with Crippen LogP contribution in [0.15, 0.2) is 75.5 Å². The first kappa shape index (κ1) is 16.7. The van der Waals surface area contributed by atoms with Gasteiger partial charge in [0.1, 0.15) is 11.3 Å². The summed E-state index contributed by atoms with van der Waals surface area (Å²) in [5.74, 6) is -0.0510. The molecule has 0 fully saturated rings. The Labute approximate surface area is 145 Å². The molecule has 0 unspecified atom stereocenters. The highest BCUT2D eigenvalue weighted by Crippen LogP contribution is 2.29. The van der Waals surface area contributed by atoms with Crippen molar-refractivity contribution in [1.82, 2.24) is 0 Å². The van der Waals surface area contributed by atoms with Gasteiger partial charge in [0, 0.05) is 17.0 Å². The van der Waals surface area contributed by atoms with Crippen molar-refractivity contribution in [3.8, 4) is 5.75 Å². The lowest BCUT2D eigenvalue weighted by molar-refractivity contribution is 0.0733. The Morgan fingerprint density at radius 3 is 2.48 bits per heavy atom. The van der Waals surface area contributed by atoms with Crippen LogP contribution in [0.3, 0.4) is 0 Å². The average Bonchev–Trinajstić information content (AvgIpc) is 2.61. The summed E-state index contributed by atoms with van der Waals surface area (Å²) in [4.78, 5) is 24.0. The van der Waals surface area contributed by atoms with Gasteiger partial charge in [0.15, 0.2) is 0 Å². The van der Waals surface area contributed by atoms with Gasteiger partial charge in [-0.05, 0) is 50.6 Å². The smallest absolute Gasteiger partial charge is 0.343 e. The molecule has 1 heterocycles. The van der Waals surface area contributed by atoms with E-state index in [1.807, 2.05) is 26.0 Å². The Hall–Kier alpha value is -3.14. The maximum absolute atomic E-state index is 12.4. The molecule has 1 aromatic heterocycles. The van der Waals surface area contributed by atoms with Crippen molar-refractivity contribution in [2.75, 3.05) is 0 Å². The van der Waals surface area contributed by atoms with E-state index in [0.717, 1.165) is 11.0 Å². The molecule has 0 spiro atoms. The van der Waals surface area contributed by atoms with Crippen LogP contribution < -0.4 is 10.4 Å². The van der Waals surface area contributed by atoms with Gasteiger partial charge in [0.25, 0.3) is 0 Å². The zero-order valence-corrected chi connectivity index (χ0v) is 14.1. The number of benzene rings is 2. The highest BCUT2D eigenvalue weighted by Gasteiger charge is 2.15. The molecular weight excluding hydrogens is 316 g/mol. The Morgan fingerprint density at radius 2 is 1.76 bits per heavy atom. The minimum absolute atomic E-state index is 0.396. The van der Waals surface area contributed by atoms with Crippen molar-refractivity contribution in [3.63, 3.8) is 0 Å². The molecule has 3 rings (SSSR count). The van der Waals surface area contributed by atoms with Gasteiger partial charge in [-0.15, -0.1) is 0 Å². The molecule has 0 atom stereocenters. The van der Waals surface area contributed by atoms with Crippen LogP contribution in [-0.2, 0) is 6.42 Å². The molecule has 4 heteroatoms. The van der Waals surface area contributed by atoms with Gasteiger partial charge < -0.3 is 9.15 Å². The quantitative estimate of drug-likeness (QED) is 0.305. The van der Waals surface area contributed by atoms with E-state index >= 15 is 0 Å². The van der Waals surface area contributed by atoms with Gasteiger partial charge in [0.2, 0.25) is 0 Å². The van der Waals surface area contributed by atoms with E-state index < -0.39 is 11.6 Å². The zero-order valence-electron chi connectivity index (χ0n) is 14.1. The van der Waals surface area contributed by atoms with Crippen molar-refractivity contribution in [2.24, 2.45) is 0 Å². The van der Waals surface area contributed by atoms with E-state index in [0.29, 0.717) is 28.9 Å². The number of carbonyl (C=O) groups is 1. The summed E-state index contributed by atoms with van der Waals surface area (Å²) in [5, 5.41) is 0.788. The molecule has 3 aromatic rings. The van der Waals surface area contributed by atoms with Crippen molar-refractivity contribution in [2.45, 2.75) is 20.3 Å². The lowest BCUT2D eigenvalue weighted by Gasteiger charge is -2.11. The largest absolute Gasteiger partial charge is 0.422 e. The van der Waals surface area contributed by atoms with Crippen molar-refractivity contribution >= 4 is 16.9 Å². The van der Waals surface area contributed by atoms with Crippen LogP contribution >= 0.6 is 0 Å². The zero-order chi connectivity index (χ0) is 17.8. The van der Waals surface area contributed by atoms with Crippen molar-refractivity contribution in [3.05, 3.63) is 87.8 Å². The first-order valence-electron chi connectivity index (χ1n) is 8.01. The Bertz CT molecular complexity index is 993. The molecule has 0 radical (unpaired) electrons. The van der Waals surface area contributed by atoms with Gasteiger partial charge >= 0.3 is 11.6 Å². The first-order valence-corrected chi connectivity index (χ1v) is 8.01. The van der Waals surface area contributed by atoms with Crippen molar-refractivity contribution in [1.29, 1.82) is 0 Å². The fraction of sp³-hybridized carbons (Fsp3) is 0.143. The molecule has 0 saturated carbocycles. The second-order valence-electron chi connectivity index (χ2n) is 5.96. The third-order valence-corrected chi connectivity index (χ3v) is 3.78. The molecule has 0 bridgehead atoms. The number of rotatable bonds is 4. The number of esters is 1. The fourth-order valence-electron chi connectivity index (χ4n) is 2.50. The van der Waals surface area contributed by atoms with Gasteiger partial charge in [-0.3, -0.25) is 0 Å². The van der Waals surface area contributed by atoms with E-state index in [-0.39, 0.29) is 0 Å². The molecule has 2 aromatic carbocycles. The van der Waals surface area contributed by atoms with E-state index in [4.69, 9.17) is 9.15 Å². The van der Waals surface area contributed by atoms with E-state index in [1.54, 1.807) is 42.5 Å². The van der Waals surface area contributed by atoms with Crippen molar-refractivity contribution < 1.29 is 13.9 Å². The number of ether oxygens (including phenoxy) is 1. The number of carbonyl (C=O) groups excluding carboxylic acids is 1. The molecule has 0 aliphatic heterocycles. The lowest BCUT2D eigenvalue weighted by atomic mass is 10.1. The summed E-state index contributed by atoms with van der Waals surface area (Å²) in [5.41, 5.74) is 2.28. The van der Waals surface area contributed by atoms with Crippen LogP contribution in [0, 0.1) is 0 Å². The molecule has 0 aliphatic carbocycles. The third kappa shape index (κ3) is 3.86. The lowest BCUT2D eigenvalue weighted by Crippen LogP contribution is -2.10. The predicted molar refractivity (Wildman–Crippen MR) is 97.0 cm³/mol. The van der Waals surface area contributed by atoms with Gasteiger partial charge in [-0.2, -0.15) is 0 Å². The number of allylic oxidation sites excluding steroid dienone is 2. The van der Waals surface area contributed by atoms with Gasteiger partial charge in [0.05, 0.1) is 5.56 Å². The SMILES string of the molecule is CC(C)=CCc1c(OC(=O)c2ccccc2)ccc2ccc(=O)oc12. The molecular formula is C21H18O4. The van der Waals surface area contributed by atoms with Crippen LogP contribution in [0.25, 0.3) is 11.0 Å². The number of fused-ring (bicyclic) bond motifs is 1. The van der Waals surface area contributed by atoms with Gasteiger partial charge in [-0.1, -0.05) is 29.8 Å². The first-order chi connectivity index (χ1) is 12.0. The van der Waals surface area contributed by atoms with Crippen LogP contribution in [0.2, 0.25) is 0 Å². The maximum Gasteiger partial charge on any atom is 0.343 e. The summed E-state index contributed by atoms with van der Waals surface area (Å²) in [6, 6.07) is 15.4. The van der Waals surface area contributed by atoms with E-state index in [2.05, 4.69) is 0 Å². The summed E-state index contributed by atoms with van der Waals surface area (Å²) in [6.07, 6.45) is 2.51. The fourth-order valence-corrected chi connectivity index (χ4v) is 2.50. The molecule has 0 aliphatic rings. The summed E-state index contributed by atoms with van der Waals surface area (Å²) in [7, 11) is 0. The molecule has 0 N–H and O–H groups in total. The van der Waals surface area contributed by atoms with Crippen LogP contribution in [0.1, 0.15) is 29.8 Å². The van der Waals surface area contributed by atoms with E-state index in [1.165, 1.54) is 6.07 Å². The molecule has 0 saturated heterocycles. The molecule has 25 heavy (non-hydrogen) atoms. The second kappa shape index (κ2) is 7.18. The minimum Gasteiger partial charge on any atom is -0.422 e. The second-order valence-corrected chi connectivity index (χ2v) is 5.96. The highest BCUT2D eigenvalue weighted by atomic mass is 16.5. The number of hydrogen-bond acceptors (Lipinski definition) is 4. The summed E-state index contributed by atoms with van der Waals surface area (Å²) < 4.78 is 11.0. The standard InChI is InChI=1S/C21H18O4/c1-14(2)8-11-17-18(24-21(23)16-6-4-3-5-7-16)12-9-15-10-13-19(22)25-20(15)17/h3-10,12-13H,11H2,1-2H3. The number of hydrogen-bond donors (Lipinski definition) is 0. The Balaban J connectivity index is 2.07. The van der Waals surface area contributed by atoms with Crippen LogP contribution in [-0.4, -0.2) is 5.97 Å². The Kier molecular flexibility index (Phi) is 4.80. The average molecular weight is 334 g/mol. The predicted octanol–water partition coefficient (Wildman–Crippen LogP) is 4.52. The van der Waals surface area contributed by atoms with Crippen LogP contribution in [0.4, 0.5) is 0 Å². The third-order valence-electron chi connectivity index (χ3n) is 3.78. The molecule has 126 valence electrons. The topological polar surface area (TPSA) is 56.5 Å². The van der Waals surface area contributed by atoms with E-state index in [9.17, 15) is 9.59 Å². The monoisotopic (exact) mass is 334 g/mol. The maximum atomic E-state index is 12.4. The molecule has 4 nitrogen and oxygen atoms in total. The summed E-state index contributed by atoms with van der Waals surface area (Å²) >= 11 is 0. The minimum atomic E-state index is -0.448. The normalized spacial score (nSPS) is 10.5.